The van der Waals surface area contributed by atoms with Crippen LogP contribution >= 0.6 is 0 Å². The Hall–Kier alpha value is -3.20. The van der Waals surface area contributed by atoms with E-state index >= 15 is 0 Å². The lowest BCUT2D eigenvalue weighted by Crippen LogP contribution is -2.06. The molecule has 27 heavy (non-hydrogen) atoms. The molecule has 7 nitrogen and oxygen atoms in total. The number of hydrogen-bond acceptors (Lipinski definition) is 7. The lowest BCUT2D eigenvalue weighted by atomic mass is 10.2. The van der Waals surface area contributed by atoms with Crippen molar-refractivity contribution in [2.75, 3.05) is 33.2 Å². The van der Waals surface area contributed by atoms with Gasteiger partial charge in [0.2, 0.25) is 0 Å². The van der Waals surface area contributed by atoms with E-state index < -0.39 is 17.4 Å². The second-order valence-corrected chi connectivity index (χ2v) is 5.43. The van der Waals surface area contributed by atoms with Crippen LogP contribution in [0.5, 0.6) is 23.1 Å². The fourth-order valence-electron chi connectivity index (χ4n) is 2.37. The molecule has 3 rings (SSSR count). The van der Waals surface area contributed by atoms with Gasteiger partial charge in [0.15, 0.2) is 28.9 Å². The topological polar surface area (TPSA) is 88.7 Å². The summed E-state index contributed by atoms with van der Waals surface area (Å²) >= 11 is 0. The van der Waals surface area contributed by atoms with Crippen molar-refractivity contribution in [2.45, 2.75) is 0 Å². The van der Waals surface area contributed by atoms with Gasteiger partial charge in [0.05, 0.1) is 19.2 Å². The van der Waals surface area contributed by atoms with Gasteiger partial charge in [-0.1, -0.05) is 0 Å². The fourth-order valence-corrected chi connectivity index (χ4v) is 2.37. The Morgan fingerprint density at radius 1 is 1.04 bits per heavy atom. The maximum atomic E-state index is 14.0. The van der Waals surface area contributed by atoms with Crippen molar-refractivity contribution in [1.29, 1.82) is 0 Å². The van der Waals surface area contributed by atoms with Gasteiger partial charge in [-0.2, -0.15) is 0 Å². The number of anilines is 1. The van der Waals surface area contributed by atoms with Crippen LogP contribution in [0.15, 0.2) is 30.5 Å². The number of rotatable bonds is 7. The van der Waals surface area contributed by atoms with Crippen molar-refractivity contribution >= 4 is 16.7 Å². The van der Waals surface area contributed by atoms with Crippen molar-refractivity contribution in [3.8, 4) is 23.1 Å². The van der Waals surface area contributed by atoms with E-state index in [1.807, 2.05) is 0 Å². The molecule has 1 aromatic carbocycles. The zero-order valence-corrected chi connectivity index (χ0v) is 14.7. The first-order valence-electron chi connectivity index (χ1n) is 7.91. The molecule has 0 aliphatic carbocycles. The second kappa shape index (κ2) is 8.00. The number of aromatic nitrogens is 2. The minimum atomic E-state index is -0.927. The average Bonchev–Trinajstić information content (AvgIpc) is 2.64. The zero-order valence-electron chi connectivity index (χ0n) is 14.7. The molecule has 0 saturated carbocycles. The highest BCUT2D eigenvalue weighted by atomic mass is 19.1. The van der Waals surface area contributed by atoms with Gasteiger partial charge in [-0.25, -0.2) is 13.8 Å². The Labute approximate surface area is 153 Å². The number of ether oxygens (including phenoxy) is 4. The number of halogens is 2. The van der Waals surface area contributed by atoms with E-state index in [0.29, 0.717) is 17.9 Å². The summed E-state index contributed by atoms with van der Waals surface area (Å²) in [5.74, 6) is -1.80. The fraction of sp³-hybridized carbons (Fsp3) is 0.222. The summed E-state index contributed by atoms with van der Waals surface area (Å²) in [5, 5.41) is 0. The third-order valence-electron chi connectivity index (χ3n) is 3.58. The molecule has 2 N–H and O–H groups in total. The van der Waals surface area contributed by atoms with Gasteiger partial charge in [0, 0.05) is 43.3 Å². The summed E-state index contributed by atoms with van der Waals surface area (Å²) in [4.78, 5) is 8.49. The Morgan fingerprint density at radius 3 is 2.44 bits per heavy atom. The van der Waals surface area contributed by atoms with Crippen LogP contribution in [0.4, 0.5) is 14.5 Å². The van der Waals surface area contributed by atoms with Crippen LogP contribution in [-0.2, 0) is 4.74 Å². The molecule has 2 aromatic heterocycles. The molecule has 0 aliphatic rings. The monoisotopic (exact) mass is 377 g/mol. The lowest BCUT2D eigenvalue weighted by Gasteiger charge is -2.13. The molecule has 3 aromatic rings. The standard InChI is InChI=1S/C18H17F2N3O4/c1-24-5-6-26-15-9-13-16(23-18(15)25-2)14(3-4-22-13)27-17-11(19)7-10(21)8-12(17)20/h3-4,7-9H,5-6,21H2,1-2H3. The zero-order chi connectivity index (χ0) is 19.4. The number of nitrogens with two attached hydrogens (primary N) is 1. The molecule has 0 amide bonds. The van der Waals surface area contributed by atoms with Gasteiger partial charge >= 0.3 is 0 Å². The molecule has 142 valence electrons. The molecular weight excluding hydrogens is 360 g/mol. The highest BCUT2D eigenvalue weighted by Crippen LogP contribution is 2.36. The van der Waals surface area contributed by atoms with E-state index in [1.165, 1.54) is 19.4 Å². The van der Waals surface area contributed by atoms with Crippen LogP contribution < -0.4 is 19.9 Å². The number of pyridine rings is 2. The third kappa shape index (κ3) is 3.98. The molecule has 0 radical (unpaired) electrons. The third-order valence-corrected chi connectivity index (χ3v) is 3.58. The van der Waals surface area contributed by atoms with E-state index in [0.717, 1.165) is 12.1 Å². The summed E-state index contributed by atoms with van der Waals surface area (Å²) in [6, 6.07) is 4.98. The molecule has 0 aliphatic heterocycles. The minimum absolute atomic E-state index is 0.0467. The van der Waals surface area contributed by atoms with Gasteiger partial charge in [-0.15, -0.1) is 0 Å². The van der Waals surface area contributed by atoms with Gasteiger partial charge in [0.1, 0.15) is 12.1 Å². The van der Waals surface area contributed by atoms with Crippen LogP contribution in [0.25, 0.3) is 11.0 Å². The SMILES string of the molecule is COCCOc1cc2nccc(Oc3c(F)cc(N)cc3F)c2nc1OC. The molecule has 0 bridgehead atoms. The molecule has 9 heteroatoms. The van der Waals surface area contributed by atoms with Gasteiger partial charge in [-0.3, -0.25) is 4.98 Å². The Morgan fingerprint density at radius 2 is 1.78 bits per heavy atom. The molecular formula is C18H17F2N3O4. The van der Waals surface area contributed by atoms with Crippen LogP contribution in [0.1, 0.15) is 0 Å². The normalized spacial score (nSPS) is 10.8. The first kappa shape index (κ1) is 18.6. The van der Waals surface area contributed by atoms with Crippen molar-refractivity contribution < 1.29 is 27.7 Å². The number of nitrogen functional groups attached to an aromatic ring is 1. The highest BCUT2D eigenvalue weighted by molar-refractivity contribution is 5.83. The van der Waals surface area contributed by atoms with E-state index in [-0.39, 0.29) is 29.4 Å². The van der Waals surface area contributed by atoms with E-state index in [4.69, 9.17) is 24.7 Å². The number of fused-ring (bicyclic) bond motifs is 1. The van der Waals surface area contributed by atoms with Gasteiger partial charge in [0.25, 0.3) is 5.88 Å². The first-order chi connectivity index (χ1) is 13.0. The van der Waals surface area contributed by atoms with E-state index in [1.54, 1.807) is 13.2 Å². The van der Waals surface area contributed by atoms with Crippen LogP contribution in [-0.4, -0.2) is 37.4 Å². The molecule has 0 spiro atoms. The summed E-state index contributed by atoms with van der Waals surface area (Å²) in [7, 11) is 2.98. The minimum Gasteiger partial charge on any atom is -0.485 e. The largest absolute Gasteiger partial charge is 0.485 e. The van der Waals surface area contributed by atoms with Crippen molar-refractivity contribution in [3.63, 3.8) is 0 Å². The smallest absolute Gasteiger partial charge is 0.257 e. The van der Waals surface area contributed by atoms with Gasteiger partial charge < -0.3 is 24.7 Å². The Bertz CT molecular complexity index is 946. The van der Waals surface area contributed by atoms with Crippen molar-refractivity contribution in [1.82, 2.24) is 9.97 Å². The summed E-state index contributed by atoms with van der Waals surface area (Å²) in [5.41, 5.74) is 6.03. The molecule has 0 fully saturated rings. The summed E-state index contributed by atoms with van der Waals surface area (Å²) in [6.07, 6.45) is 1.43. The molecule has 0 saturated heterocycles. The maximum Gasteiger partial charge on any atom is 0.257 e. The van der Waals surface area contributed by atoms with Crippen molar-refractivity contribution in [2.24, 2.45) is 0 Å². The van der Waals surface area contributed by atoms with E-state index in [2.05, 4.69) is 9.97 Å². The van der Waals surface area contributed by atoms with Crippen molar-refractivity contribution in [3.05, 3.63) is 42.1 Å². The number of hydrogen-bond donors (Lipinski definition) is 1. The number of methoxy groups -OCH3 is 2. The second-order valence-electron chi connectivity index (χ2n) is 5.43. The predicted octanol–water partition coefficient (Wildman–Crippen LogP) is 3.32. The van der Waals surface area contributed by atoms with Crippen LogP contribution in [0.3, 0.4) is 0 Å². The lowest BCUT2D eigenvalue weighted by molar-refractivity contribution is 0.144. The molecule has 0 unspecified atom stereocenters. The Balaban J connectivity index is 2.02. The summed E-state index contributed by atoms with van der Waals surface area (Å²) in [6.45, 7) is 0.672. The van der Waals surface area contributed by atoms with Gasteiger partial charge in [-0.05, 0) is 0 Å². The predicted molar refractivity (Wildman–Crippen MR) is 94.3 cm³/mol. The highest BCUT2D eigenvalue weighted by Gasteiger charge is 2.17. The molecule has 2 heterocycles. The van der Waals surface area contributed by atoms with Crippen LogP contribution in [0, 0.1) is 11.6 Å². The maximum absolute atomic E-state index is 14.0. The first-order valence-corrected chi connectivity index (χ1v) is 7.91. The average molecular weight is 377 g/mol. The summed E-state index contributed by atoms with van der Waals surface area (Å²) < 4.78 is 49.2. The van der Waals surface area contributed by atoms with Crippen LogP contribution in [0.2, 0.25) is 0 Å². The Kier molecular flexibility index (Phi) is 5.51. The quantitative estimate of drug-likeness (QED) is 0.499. The number of nitrogens with zero attached hydrogens (tertiary/aromatic N) is 2. The number of benzene rings is 1. The van der Waals surface area contributed by atoms with E-state index in [9.17, 15) is 8.78 Å². The molecule has 0 atom stereocenters.